The van der Waals surface area contributed by atoms with Gasteiger partial charge in [0.05, 0.1) is 0 Å². The van der Waals surface area contributed by atoms with Crippen LogP contribution in [0.15, 0.2) is 24.3 Å². The molecule has 23 heavy (non-hydrogen) atoms. The minimum atomic E-state index is -2.32. The zero-order chi connectivity index (χ0) is 17.1. The molecule has 1 rings (SSSR count). The van der Waals surface area contributed by atoms with Crippen LogP contribution in [0, 0.1) is 0 Å². The van der Waals surface area contributed by atoms with Crippen LogP contribution < -0.4 is 8.90 Å². The SMILES string of the molecule is CCC[CH2][Sn]([CH2]CCC)([CH2]CCC)[c]1ccc(C(=O)NC)cc1. The van der Waals surface area contributed by atoms with Crippen molar-refractivity contribution in [3.63, 3.8) is 0 Å². The number of rotatable bonds is 11. The van der Waals surface area contributed by atoms with Gasteiger partial charge in [0.1, 0.15) is 0 Å². The predicted octanol–water partition coefficient (Wildman–Crippen LogP) is 5.10. The molecule has 0 saturated carbocycles. The number of hydrogen-bond donors (Lipinski definition) is 1. The van der Waals surface area contributed by atoms with Crippen molar-refractivity contribution >= 4 is 27.9 Å². The van der Waals surface area contributed by atoms with Crippen LogP contribution in [0.3, 0.4) is 0 Å². The summed E-state index contributed by atoms with van der Waals surface area (Å²) in [5.41, 5.74) is 0.790. The van der Waals surface area contributed by atoms with Gasteiger partial charge in [-0.25, -0.2) is 0 Å². The van der Waals surface area contributed by atoms with Gasteiger partial charge in [0.2, 0.25) is 0 Å². The van der Waals surface area contributed by atoms with Crippen LogP contribution in [0.2, 0.25) is 13.3 Å². The molecular weight excluding hydrogens is 389 g/mol. The molecule has 1 aromatic rings. The van der Waals surface area contributed by atoms with E-state index in [2.05, 4.69) is 38.2 Å². The Morgan fingerprint density at radius 1 is 0.870 bits per heavy atom. The molecule has 0 saturated heterocycles. The monoisotopic (exact) mass is 425 g/mol. The predicted molar refractivity (Wildman–Crippen MR) is 104 cm³/mol. The van der Waals surface area contributed by atoms with Crippen molar-refractivity contribution in [1.29, 1.82) is 0 Å². The molecule has 0 atom stereocenters. The Bertz CT molecular complexity index is 433. The average molecular weight is 424 g/mol. The second-order valence-corrected chi connectivity index (χ2v) is 20.0. The number of carbonyl (C=O) groups is 1. The van der Waals surface area contributed by atoms with Gasteiger partial charge in [-0.3, -0.25) is 0 Å². The molecule has 0 aliphatic carbocycles. The van der Waals surface area contributed by atoms with Crippen LogP contribution in [0.25, 0.3) is 0 Å². The van der Waals surface area contributed by atoms with E-state index in [1.165, 1.54) is 51.8 Å². The number of unbranched alkanes of at least 4 members (excludes halogenated alkanes) is 3. The van der Waals surface area contributed by atoms with E-state index in [0.717, 1.165) is 5.56 Å². The summed E-state index contributed by atoms with van der Waals surface area (Å²) in [6.07, 6.45) is 8.02. The van der Waals surface area contributed by atoms with Crippen LogP contribution in [-0.2, 0) is 0 Å². The Morgan fingerprint density at radius 3 is 1.65 bits per heavy atom. The third kappa shape index (κ3) is 6.13. The topological polar surface area (TPSA) is 29.1 Å². The van der Waals surface area contributed by atoms with Crippen molar-refractivity contribution in [3.05, 3.63) is 29.8 Å². The molecule has 0 radical (unpaired) electrons. The minimum absolute atomic E-state index is 0.0213. The first-order valence-electron chi connectivity index (χ1n) is 9.46. The number of amides is 1. The summed E-state index contributed by atoms with van der Waals surface area (Å²) in [6, 6.07) is 8.68. The van der Waals surface area contributed by atoms with Crippen LogP contribution in [-0.4, -0.2) is 31.3 Å². The van der Waals surface area contributed by atoms with Crippen molar-refractivity contribution in [1.82, 2.24) is 5.32 Å². The summed E-state index contributed by atoms with van der Waals surface area (Å²) in [6.45, 7) is 6.93. The normalized spacial score (nSPS) is 11.5. The van der Waals surface area contributed by atoms with Gasteiger partial charge >= 0.3 is 147 Å². The molecule has 0 heterocycles. The third-order valence-corrected chi connectivity index (χ3v) is 20.7. The molecule has 0 unspecified atom stereocenters. The standard InChI is InChI=1S/C8H8NO.3C4H9.Sn/c1-9-8(10)7-5-3-2-4-6-7;3*1-3-4-2;/h3-6H,1H3,(H,9,10);3*1,3-4H2,2H3;. The Hall–Kier alpha value is -0.511. The molecule has 130 valence electrons. The molecule has 1 N–H and O–H groups in total. The molecule has 0 aliphatic heterocycles. The van der Waals surface area contributed by atoms with E-state index >= 15 is 0 Å². The quantitative estimate of drug-likeness (QED) is 0.492. The second kappa shape index (κ2) is 11.1. The van der Waals surface area contributed by atoms with Gasteiger partial charge in [-0.1, -0.05) is 0 Å². The molecule has 0 fully saturated rings. The zero-order valence-electron chi connectivity index (χ0n) is 15.6. The molecule has 1 amide bonds. The van der Waals surface area contributed by atoms with E-state index in [-0.39, 0.29) is 5.91 Å². The Labute approximate surface area is 147 Å². The second-order valence-electron chi connectivity index (χ2n) is 6.75. The van der Waals surface area contributed by atoms with E-state index in [1.807, 2.05) is 12.1 Å². The van der Waals surface area contributed by atoms with Gasteiger partial charge in [-0.15, -0.1) is 0 Å². The summed E-state index contributed by atoms with van der Waals surface area (Å²) in [5, 5.41) is 2.72. The maximum atomic E-state index is 11.8. The van der Waals surface area contributed by atoms with E-state index in [4.69, 9.17) is 0 Å². The van der Waals surface area contributed by atoms with Gasteiger partial charge < -0.3 is 0 Å². The summed E-state index contributed by atoms with van der Waals surface area (Å²) in [4.78, 5) is 11.8. The third-order valence-electron chi connectivity index (χ3n) is 5.01. The molecule has 1 aromatic carbocycles. The zero-order valence-corrected chi connectivity index (χ0v) is 18.4. The van der Waals surface area contributed by atoms with Crippen molar-refractivity contribution in [2.45, 2.75) is 72.6 Å². The molecule has 2 nitrogen and oxygen atoms in total. The van der Waals surface area contributed by atoms with Gasteiger partial charge in [-0.05, 0) is 0 Å². The van der Waals surface area contributed by atoms with Gasteiger partial charge in [0, 0.05) is 0 Å². The van der Waals surface area contributed by atoms with E-state index in [1.54, 1.807) is 10.6 Å². The molecule has 3 heteroatoms. The molecule has 0 bridgehead atoms. The Balaban J connectivity index is 3.09. The van der Waals surface area contributed by atoms with Crippen LogP contribution >= 0.6 is 0 Å². The van der Waals surface area contributed by atoms with Crippen molar-refractivity contribution in [3.8, 4) is 0 Å². The van der Waals surface area contributed by atoms with Crippen LogP contribution in [0.5, 0.6) is 0 Å². The first-order valence-corrected chi connectivity index (χ1v) is 16.9. The number of benzene rings is 1. The first kappa shape index (κ1) is 20.5. The Morgan fingerprint density at radius 2 is 1.30 bits per heavy atom. The average Bonchev–Trinajstić information content (AvgIpc) is 2.61. The van der Waals surface area contributed by atoms with E-state index < -0.39 is 18.4 Å². The summed E-state index contributed by atoms with van der Waals surface area (Å²) in [7, 11) is 1.70. The molecule has 0 aliphatic rings. The molecule has 0 spiro atoms. The van der Waals surface area contributed by atoms with Gasteiger partial charge in [-0.2, -0.15) is 0 Å². The maximum absolute atomic E-state index is 11.8. The van der Waals surface area contributed by atoms with E-state index in [0.29, 0.717) is 0 Å². The molecule has 0 aromatic heterocycles. The van der Waals surface area contributed by atoms with Crippen molar-refractivity contribution in [2.24, 2.45) is 0 Å². The fourth-order valence-corrected chi connectivity index (χ4v) is 19.4. The summed E-state index contributed by atoms with van der Waals surface area (Å²) in [5.74, 6) is 0.0213. The Kier molecular flexibility index (Phi) is 9.92. The summed E-state index contributed by atoms with van der Waals surface area (Å²) < 4.78 is 6.07. The van der Waals surface area contributed by atoms with Crippen molar-refractivity contribution in [2.75, 3.05) is 7.05 Å². The van der Waals surface area contributed by atoms with Crippen LogP contribution in [0.4, 0.5) is 0 Å². The summed E-state index contributed by atoms with van der Waals surface area (Å²) >= 11 is -2.32. The number of nitrogens with one attached hydrogen (secondary N) is 1. The first-order chi connectivity index (χ1) is 11.1. The van der Waals surface area contributed by atoms with Gasteiger partial charge in [0.25, 0.3) is 0 Å². The van der Waals surface area contributed by atoms with Crippen LogP contribution in [0.1, 0.15) is 69.7 Å². The fraction of sp³-hybridized carbons (Fsp3) is 0.650. The number of hydrogen-bond acceptors (Lipinski definition) is 1. The van der Waals surface area contributed by atoms with Crippen molar-refractivity contribution < 1.29 is 4.79 Å². The fourth-order valence-electron chi connectivity index (χ4n) is 3.47. The van der Waals surface area contributed by atoms with Gasteiger partial charge in [0.15, 0.2) is 0 Å². The molecular formula is C20H35NOSn. The number of carbonyl (C=O) groups excluding carboxylic acids is 1. The van der Waals surface area contributed by atoms with E-state index in [9.17, 15) is 4.79 Å².